The van der Waals surface area contributed by atoms with E-state index in [1.165, 1.54) is 12.8 Å². The number of aromatic nitrogens is 2. The van der Waals surface area contributed by atoms with Gasteiger partial charge < -0.3 is 9.73 Å². The molecule has 0 aliphatic heterocycles. The normalized spacial score (nSPS) is 27.8. The van der Waals surface area contributed by atoms with E-state index in [0.29, 0.717) is 37.2 Å². The van der Waals surface area contributed by atoms with Crippen molar-refractivity contribution in [3.63, 3.8) is 0 Å². The fraction of sp³-hybridized carbons (Fsp3) is 0.846. The van der Waals surface area contributed by atoms with E-state index in [2.05, 4.69) is 15.5 Å². The van der Waals surface area contributed by atoms with Crippen molar-refractivity contribution in [3.8, 4) is 0 Å². The summed E-state index contributed by atoms with van der Waals surface area (Å²) in [5.41, 5.74) is 0. The Morgan fingerprint density at radius 3 is 2.35 bits per heavy atom. The fourth-order valence-electron chi connectivity index (χ4n) is 2.69. The van der Waals surface area contributed by atoms with Crippen LogP contribution in [0.5, 0.6) is 0 Å². The Labute approximate surface area is 115 Å². The van der Waals surface area contributed by atoms with Gasteiger partial charge in [0, 0.05) is 12.0 Å². The molecule has 0 radical (unpaired) electrons. The van der Waals surface area contributed by atoms with Gasteiger partial charge in [0.25, 0.3) is 0 Å². The van der Waals surface area contributed by atoms with Crippen molar-refractivity contribution in [1.29, 1.82) is 0 Å². The van der Waals surface area contributed by atoms with Crippen LogP contribution in [0.3, 0.4) is 0 Å². The SMILES string of the molecule is FC(F)(F)C1CCC(c2nnc(CNC3CC3)o2)CC1. The van der Waals surface area contributed by atoms with Crippen LogP contribution in [0, 0.1) is 5.92 Å². The summed E-state index contributed by atoms with van der Waals surface area (Å²) in [6, 6.07) is 0.563. The molecular weight excluding hydrogens is 271 g/mol. The lowest BCUT2D eigenvalue weighted by Gasteiger charge is -2.27. The lowest BCUT2D eigenvalue weighted by atomic mass is 9.81. The maximum atomic E-state index is 12.6. The van der Waals surface area contributed by atoms with Crippen molar-refractivity contribution >= 4 is 0 Å². The molecule has 20 heavy (non-hydrogen) atoms. The Morgan fingerprint density at radius 1 is 1.05 bits per heavy atom. The van der Waals surface area contributed by atoms with Gasteiger partial charge in [-0.2, -0.15) is 13.2 Å². The van der Waals surface area contributed by atoms with Crippen molar-refractivity contribution < 1.29 is 17.6 Å². The molecule has 1 heterocycles. The van der Waals surface area contributed by atoms with Gasteiger partial charge >= 0.3 is 6.18 Å². The van der Waals surface area contributed by atoms with Gasteiger partial charge in [-0.15, -0.1) is 10.2 Å². The topological polar surface area (TPSA) is 51.0 Å². The van der Waals surface area contributed by atoms with E-state index >= 15 is 0 Å². The summed E-state index contributed by atoms with van der Waals surface area (Å²) in [6.45, 7) is 0.551. The molecule has 2 fully saturated rings. The smallest absolute Gasteiger partial charge is 0.391 e. The van der Waals surface area contributed by atoms with Crippen molar-refractivity contribution in [3.05, 3.63) is 11.8 Å². The molecule has 2 aliphatic carbocycles. The van der Waals surface area contributed by atoms with Crippen LogP contribution in [0.25, 0.3) is 0 Å². The van der Waals surface area contributed by atoms with Gasteiger partial charge in [0.2, 0.25) is 11.8 Å². The number of halogens is 3. The molecule has 0 amide bonds. The van der Waals surface area contributed by atoms with Crippen LogP contribution in [0.4, 0.5) is 13.2 Å². The summed E-state index contributed by atoms with van der Waals surface area (Å²) in [6.07, 6.45) is -0.438. The van der Waals surface area contributed by atoms with Gasteiger partial charge in [-0.05, 0) is 38.5 Å². The van der Waals surface area contributed by atoms with Crippen molar-refractivity contribution in [2.24, 2.45) is 5.92 Å². The molecule has 7 heteroatoms. The van der Waals surface area contributed by atoms with Crippen LogP contribution in [-0.4, -0.2) is 22.4 Å². The second-order valence-corrected chi connectivity index (χ2v) is 5.78. The Morgan fingerprint density at radius 2 is 1.75 bits per heavy atom. The largest absolute Gasteiger partial charge is 0.424 e. The molecule has 1 aromatic heterocycles. The van der Waals surface area contributed by atoms with Crippen LogP contribution in [-0.2, 0) is 6.54 Å². The minimum atomic E-state index is -4.07. The fourth-order valence-corrected chi connectivity index (χ4v) is 2.69. The van der Waals surface area contributed by atoms with Crippen LogP contribution >= 0.6 is 0 Å². The molecule has 0 bridgehead atoms. The lowest BCUT2D eigenvalue weighted by Crippen LogP contribution is -2.27. The Balaban J connectivity index is 1.52. The van der Waals surface area contributed by atoms with Crippen LogP contribution in [0.15, 0.2) is 4.42 Å². The first-order valence-corrected chi connectivity index (χ1v) is 7.15. The molecule has 2 aliphatic rings. The van der Waals surface area contributed by atoms with E-state index in [4.69, 9.17) is 4.42 Å². The molecule has 3 rings (SSSR count). The predicted octanol–water partition coefficient (Wildman–Crippen LogP) is 3.16. The number of hydrogen-bond acceptors (Lipinski definition) is 4. The average molecular weight is 289 g/mol. The van der Waals surface area contributed by atoms with Gasteiger partial charge in [-0.1, -0.05) is 0 Å². The molecule has 112 valence electrons. The van der Waals surface area contributed by atoms with E-state index in [-0.39, 0.29) is 18.8 Å². The zero-order valence-electron chi connectivity index (χ0n) is 11.1. The van der Waals surface area contributed by atoms with Gasteiger partial charge in [-0.25, -0.2) is 0 Å². The minimum absolute atomic E-state index is 0.0178. The third-order valence-electron chi connectivity index (χ3n) is 4.14. The summed E-state index contributed by atoms with van der Waals surface area (Å²) in [5, 5.41) is 11.2. The molecular formula is C13H18F3N3O. The van der Waals surface area contributed by atoms with Gasteiger partial charge in [-0.3, -0.25) is 0 Å². The molecule has 0 atom stereocenters. The first-order valence-electron chi connectivity index (χ1n) is 7.15. The van der Waals surface area contributed by atoms with Crippen molar-refractivity contribution in [1.82, 2.24) is 15.5 Å². The van der Waals surface area contributed by atoms with Crippen molar-refractivity contribution in [2.45, 2.75) is 63.2 Å². The van der Waals surface area contributed by atoms with E-state index in [9.17, 15) is 13.2 Å². The maximum absolute atomic E-state index is 12.6. The third-order valence-corrected chi connectivity index (χ3v) is 4.14. The summed E-state index contributed by atoms with van der Waals surface area (Å²) < 4.78 is 43.3. The van der Waals surface area contributed by atoms with Gasteiger partial charge in [0.15, 0.2) is 0 Å². The van der Waals surface area contributed by atoms with E-state index in [0.717, 1.165) is 0 Å². The highest BCUT2D eigenvalue weighted by Crippen LogP contribution is 2.42. The summed E-state index contributed by atoms with van der Waals surface area (Å²) in [5.74, 6) is -0.156. The molecule has 1 aromatic rings. The molecule has 0 unspecified atom stereocenters. The predicted molar refractivity (Wildman–Crippen MR) is 64.9 cm³/mol. The Kier molecular flexibility index (Phi) is 3.70. The number of alkyl halides is 3. The number of nitrogens with zero attached hydrogens (tertiary/aromatic N) is 2. The second-order valence-electron chi connectivity index (χ2n) is 5.78. The van der Waals surface area contributed by atoms with E-state index in [1.807, 2.05) is 0 Å². The van der Waals surface area contributed by atoms with Crippen molar-refractivity contribution in [2.75, 3.05) is 0 Å². The Hall–Kier alpha value is -1.11. The van der Waals surface area contributed by atoms with E-state index in [1.54, 1.807) is 0 Å². The highest BCUT2D eigenvalue weighted by atomic mass is 19.4. The summed E-state index contributed by atoms with van der Waals surface area (Å²) >= 11 is 0. The standard InChI is InChI=1S/C13H18F3N3O/c14-13(15,16)9-3-1-8(2-4-9)12-19-18-11(20-12)7-17-10-5-6-10/h8-10,17H,1-7H2. The zero-order chi connectivity index (χ0) is 14.2. The third kappa shape index (κ3) is 3.31. The van der Waals surface area contributed by atoms with Crippen LogP contribution in [0.1, 0.15) is 56.2 Å². The van der Waals surface area contributed by atoms with E-state index < -0.39 is 12.1 Å². The first kappa shape index (κ1) is 13.9. The highest BCUT2D eigenvalue weighted by molar-refractivity contribution is 4.95. The molecule has 1 N–H and O–H groups in total. The van der Waals surface area contributed by atoms with Crippen LogP contribution in [0.2, 0.25) is 0 Å². The molecule has 0 saturated heterocycles. The van der Waals surface area contributed by atoms with Crippen LogP contribution < -0.4 is 5.32 Å². The first-order chi connectivity index (χ1) is 9.52. The summed E-state index contributed by atoms with van der Waals surface area (Å²) in [4.78, 5) is 0. The maximum Gasteiger partial charge on any atom is 0.391 e. The van der Waals surface area contributed by atoms with Gasteiger partial charge in [0.1, 0.15) is 0 Å². The number of rotatable bonds is 4. The molecule has 0 aromatic carbocycles. The quantitative estimate of drug-likeness (QED) is 0.925. The second kappa shape index (κ2) is 5.35. The Bertz CT molecular complexity index is 448. The molecule has 0 spiro atoms. The minimum Gasteiger partial charge on any atom is -0.424 e. The summed E-state index contributed by atoms with van der Waals surface area (Å²) in [7, 11) is 0. The van der Waals surface area contributed by atoms with Gasteiger partial charge in [0.05, 0.1) is 12.5 Å². The highest BCUT2D eigenvalue weighted by Gasteiger charge is 2.42. The number of hydrogen-bond donors (Lipinski definition) is 1. The molecule has 2 saturated carbocycles. The number of nitrogens with one attached hydrogen (secondary N) is 1. The molecule has 4 nitrogen and oxygen atoms in total. The lowest BCUT2D eigenvalue weighted by molar-refractivity contribution is -0.182. The monoisotopic (exact) mass is 289 g/mol. The average Bonchev–Trinajstić information content (AvgIpc) is 3.13. The zero-order valence-corrected chi connectivity index (χ0v) is 11.1.